The van der Waals surface area contributed by atoms with Gasteiger partial charge in [-0.05, 0) is 12.9 Å². The fourth-order valence-corrected chi connectivity index (χ4v) is 0.224. The molecule has 1 nitrogen and oxygen atoms in total. The van der Waals surface area contributed by atoms with Crippen LogP contribution in [-0.2, 0) is 4.10 Å². The van der Waals surface area contributed by atoms with Crippen molar-refractivity contribution >= 4 is 26.9 Å². The van der Waals surface area contributed by atoms with Crippen molar-refractivity contribution in [1.29, 1.82) is 0 Å². The zero-order valence-electron chi connectivity index (χ0n) is 4.14. The smallest absolute Gasteiger partial charge is 0.266 e. The van der Waals surface area contributed by atoms with Gasteiger partial charge in [-0.3, -0.25) is 0 Å². The van der Waals surface area contributed by atoms with Gasteiger partial charge in [0, 0.05) is 0 Å². The van der Waals surface area contributed by atoms with Gasteiger partial charge in [-0.15, -0.1) is 0 Å². The van der Waals surface area contributed by atoms with E-state index in [1.165, 1.54) is 0 Å². The van der Waals surface area contributed by atoms with Gasteiger partial charge in [-0.25, -0.2) is 0 Å². The van der Waals surface area contributed by atoms with E-state index in [1.807, 2.05) is 6.82 Å². The lowest BCUT2D eigenvalue weighted by Crippen LogP contribution is -2.14. The van der Waals surface area contributed by atoms with Crippen LogP contribution in [0.1, 0.15) is 0 Å². The first-order valence-corrected chi connectivity index (χ1v) is 2.48. The standard InChI is InChI=1S/C2H8B2OS/c1-3-4(2)5-6/h3,6H,1-2H3. The Morgan fingerprint density at radius 2 is 2.33 bits per heavy atom. The Kier molecular flexibility index (Phi) is 3.89. The second-order valence-corrected chi connectivity index (χ2v) is 1.54. The Balaban J connectivity index is 2.75. The first kappa shape index (κ1) is 6.44. The molecule has 34 valence electrons. The van der Waals surface area contributed by atoms with Crippen molar-refractivity contribution in [2.45, 2.75) is 13.6 Å². The molecule has 0 amide bonds. The molecule has 0 rings (SSSR count). The van der Waals surface area contributed by atoms with E-state index in [4.69, 9.17) is 0 Å². The van der Waals surface area contributed by atoms with E-state index in [2.05, 4.69) is 23.8 Å². The van der Waals surface area contributed by atoms with Crippen molar-refractivity contribution in [1.82, 2.24) is 0 Å². The molecule has 0 radical (unpaired) electrons. The zero-order chi connectivity index (χ0) is 4.99. The molecule has 4 heteroatoms. The van der Waals surface area contributed by atoms with Gasteiger partial charge >= 0.3 is 0 Å². The maximum absolute atomic E-state index is 4.59. The van der Waals surface area contributed by atoms with Gasteiger partial charge in [0.05, 0.1) is 0 Å². The molecule has 0 heterocycles. The molecule has 0 fully saturated rings. The third-order valence-electron chi connectivity index (χ3n) is 0.755. The molecule has 0 unspecified atom stereocenters. The highest BCUT2D eigenvalue weighted by molar-refractivity contribution is 7.76. The van der Waals surface area contributed by atoms with Gasteiger partial charge in [0.15, 0.2) is 0 Å². The minimum absolute atomic E-state index is 0.299. The Labute approximate surface area is 45.4 Å². The van der Waals surface area contributed by atoms with Crippen LogP contribution in [0.3, 0.4) is 0 Å². The molecule has 0 atom stereocenters. The monoisotopic (exact) mass is 102 g/mol. The van der Waals surface area contributed by atoms with Crippen molar-refractivity contribution in [2.75, 3.05) is 0 Å². The van der Waals surface area contributed by atoms with Crippen LogP contribution in [-0.4, -0.2) is 14.0 Å². The molecule has 0 spiro atoms. The molecule has 0 saturated carbocycles. The summed E-state index contributed by atoms with van der Waals surface area (Å²) in [4.78, 5) is 0. The van der Waals surface area contributed by atoms with Crippen LogP contribution >= 0.6 is 12.9 Å². The van der Waals surface area contributed by atoms with Crippen LogP contribution in [0, 0.1) is 0 Å². The van der Waals surface area contributed by atoms with E-state index in [9.17, 15) is 0 Å². The molecule has 0 aliphatic rings. The van der Waals surface area contributed by atoms with E-state index in [0.717, 1.165) is 7.17 Å². The van der Waals surface area contributed by atoms with Crippen LogP contribution in [0.2, 0.25) is 13.6 Å². The van der Waals surface area contributed by atoms with Crippen molar-refractivity contribution in [3.63, 3.8) is 0 Å². The summed E-state index contributed by atoms with van der Waals surface area (Å²) in [5.41, 5.74) is 0. The summed E-state index contributed by atoms with van der Waals surface area (Å²) in [5, 5.41) is 0. The second kappa shape index (κ2) is 3.62. The fourth-order valence-electron chi connectivity index (χ4n) is 0.0745. The van der Waals surface area contributed by atoms with Gasteiger partial charge in [-0.1, -0.05) is 13.6 Å². The zero-order valence-corrected chi connectivity index (χ0v) is 5.03. The highest BCUT2D eigenvalue weighted by atomic mass is 32.1. The third-order valence-corrected chi connectivity index (χ3v) is 1.11. The maximum atomic E-state index is 4.59. The van der Waals surface area contributed by atoms with E-state index >= 15 is 0 Å². The minimum atomic E-state index is 0.299. The first-order valence-electron chi connectivity index (χ1n) is 2.11. The summed E-state index contributed by atoms with van der Waals surface area (Å²) < 4.78 is 4.59. The van der Waals surface area contributed by atoms with E-state index < -0.39 is 0 Å². The normalized spacial score (nSPS) is 7.83. The number of hydrogen-bond acceptors (Lipinski definition) is 2. The first-order chi connectivity index (χ1) is 2.81. The molecule has 0 N–H and O–H groups in total. The number of rotatable bonds is 2. The largest absolute Gasteiger partial charge is 0.389 e. The molecule has 0 aromatic carbocycles. The van der Waals surface area contributed by atoms with Gasteiger partial charge in [0.25, 0.3) is 6.81 Å². The summed E-state index contributed by atoms with van der Waals surface area (Å²) >= 11 is 3.60. The van der Waals surface area contributed by atoms with E-state index in [-0.39, 0.29) is 0 Å². The fraction of sp³-hybridized carbons (Fsp3) is 1.00. The summed E-state index contributed by atoms with van der Waals surface area (Å²) in [5.74, 6) is 0. The summed E-state index contributed by atoms with van der Waals surface area (Å²) in [6, 6.07) is 0. The number of thiol groups is 1. The number of hydrogen-bond donors (Lipinski definition) is 1. The van der Waals surface area contributed by atoms with Crippen molar-refractivity contribution < 1.29 is 4.10 Å². The van der Waals surface area contributed by atoms with Crippen LogP contribution in [0.25, 0.3) is 0 Å². The second-order valence-electron chi connectivity index (χ2n) is 1.32. The van der Waals surface area contributed by atoms with Crippen LogP contribution < -0.4 is 0 Å². The minimum Gasteiger partial charge on any atom is -0.389 e. The highest BCUT2D eigenvalue weighted by Gasteiger charge is 2.00. The predicted octanol–water partition coefficient (Wildman–Crippen LogP) is 0.450. The molecule has 0 aromatic rings. The van der Waals surface area contributed by atoms with Crippen LogP contribution in [0.5, 0.6) is 0 Å². The molecule has 6 heavy (non-hydrogen) atoms. The average molecular weight is 102 g/mol. The molecular formula is C2H8B2OS. The van der Waals surface area contributed by atoms with Gasteiger partial charge in [0.2, 0.25) is 0 Å². The molecule has 0 bridgehead atoms. The Morgan fingerprint density at radius 3 is 2.33 bits per heavy atom. The van der Waals surface area contributed by atoms with Gasteiger partial charge < -0.3 is 4.10 Å². The predicted molar refractivity (Wildman–Crippen MR) is 34.7 cm³/mol. The highest BCUT2D eigenvalue weighted by Crippen LogP contribution is 1.83. The average Bonchev–Trinajstić information content (AvgIpc) is 1.65. The van der Waals surface area contributed by atoms with Gasteiger partial charge in [0.1, 0.15) is 7.17 Å². The topological polar surface area (TPSA) is 9.23 Å². The maximum Gasteiger partial charge on any atom is 0.266 e. The molecular weight excluding hydrogens is 93.7 g/mol. The van der Waals surface area contributed by atoms with E-state index in [1.54, 1.807) is 0 Å². The summed E-state index contributed by atoms with van der Waals surface area (Å²) in [6.07, 6.45) is 0. The lowest BCUT2D eigenvalue weighted by atomic mass is 9.36. The van der Waals surface area contributed by atoms with Crippen molar-refractivity contribution in [3.8, 4) is 0 Å². The molecule has 0 saturated heterocycles. The molecule has 0 aliphatic heterocycles. The molecule has 0 aliphatic carbocycles. The summed E-state index contributed by atoms with van der Waals surface area (Å²) in [6.45, 7) is 4.33. The Morgan fingerprint density at radius 1 is 1.83 bits per heavy atom. The van der Waals surface area contributed by atoms with Crippen molar-refractivity contribution in [3.05, 3.63) is 0 Å². The van der Waals surface area contributed by atoms with E-state index in [0.29, 0.717) is 6.81 Å². The lowest BCUT2D eigenvalue weighted by Gasteiger charge is -1.93. The third kappa shape index (κ3) is 2.67. The van der Waals surface area contributed by atoms with Crippen LogP contribution in [0.4, 0.5) is 0 Å². The van der Waals surface area contributed by atoms with Crippen molar-refractivity contribution in [2.24, 2.45) is 0 Å². The Hall–Kier alpha value is 0.440. The summed E-state index contributed by atoms with van der Waals surface area (Å²) in [7, 11) is 1.03. The lowest BCUT2D eigenvalue weighted by molar-refractivity contribution is 0.709. The van der Waals surface area contributed by atoms with Crippen LogP contribution in [0.15, 0.2) is 0 Å². The van der Waals surface area contributed by atoms with Gasteiger partial charge in [-0.2, -0.15) is 0 Å². The SMILES string of the molecule is CBB(C)OS. The Bertz CT molecular complexity index is 30.7. The molecule has 0 aromatic heterocycles. The quantitative estimate of drug-likeness (QED) is 0.302.